The first-order chi connectivity index (χ1) is 13.0. The van der Waals surface area contributed by atoms with E-state index < -0.39 is 34.8 Å². The molecule has 1 aliphatic heterocycles. The molecule has 3 nitrogen and oxygen atoms in total. The summed E-state index contributed by atoms with van der Waals surface area (Å²) in [5.41, 5.74) is 2.02. The number of benzene rings is 1. The fourth-order valence-corrected chi connectivity index (χ4v) is 3.96. The second-order valence-electron chi connectivity index (χ2n) is 6.57. The molecular formula is C19H15F4N3S. The van der Waals surface area contributed by atoms with Gasteiger partial charge < -0.3 is 9.55 Å². The SMILES string of the molecule is Fc1cc(F)c(F)c(C2Cc3c(CCc4ccccn4)[nH]c(=S)n3C2)c1F. The molecule has 0 amide bonds. The molecule has 4 rings (SSSR count). The molecule has 0 saturated carbocycles. The van der Waals surface area contributed by atoms with Crippen molar-refractivity contribution in [1.29, 1.82) is 0 Å². The summed E-state index contributed by atoms with van der Waals surface area (Å²) in [5.74, 6) is -6.17. The van der Waals surface area contributed by atoms with Gasteiger partial charge in [0, 0.05) is 47.4 Å². The Kier molecular flexibility index (Phi) is 4.59. The second kappa shape index (κ2) is 6.92. The molecule has 0 bridgehead atoms. The van der Waals surface area contributed by atoms with E-state index in [0.717, 1.165) is 17.1 Å². The molecule has 0 fully saturated rings. The molecule has 3 aromatic rings. The average molecular weight is 393 g/mol. The number of aromatic nitrogens is 3. The maximum absolute atomic E-state index is 14.2. The maximum atomic E-state index is 14.2. The van der Waals surface area contributed by atoms with Gasteiger partial charge in [-0.25, -0.2) is 17.6 Å². The van der Waals surface area contributed by atoms with Crippen molar-refractivity contribution in [2.75, 3.05) is 0 Å². The third-order valence-corrected chi connectivity index (χ3v) is 5.25. The number of hydrogen-bond donors (Lipinski definition) is 1. The monoisotopic (exact) mass is 393 g/mol. The molecule has 140 valence electrons. The topological polar surface area (TPSA) is 33.6 Å². The number of nitrogens with zero attached hydrogens (tertiary/aromatic N) is 2. The zero-order chi connectivity index (χ0) is 19.1. The number of imidazole rings is 1. The van der Waals surface area contributed by atoms with Crippen molar-refractivity contribution in [1.82, 2.24) is 14.5 Å². The predicted molar refractivity (Wildman–Crippen MR) is 94.0 cm³/mol. The van der Waals surface area contributed by atoms with Crippen LogP contribution < -0.4 is 0 Å². The number of rotatable bonds is 4. The van der Waals surface area contributed by atoms with Gasteiger partial charge in [0.15, 0.2) is 28.0 Å². The number of H-pyrrole nitrogens is 1. The molecular weight excluding hydrogens is 378 g/mol. The molecule has 1 aromatic carbocycles. The zero-order valence-electron chi connectivity index (χ0n) is 14.1. The van der Waals surface area contributed by atoms with Crippen LogP contribution in [0, 0.1) is 28.0 Å². The van der Waals surface area contributed by atoms with E-state index in [2.05, 4.69) is 9.97 Å². The van der Waals surface area contributed by atoms with E-state index in [4.69, 9.17) is 12.2 Å². The summed E-state index contributed by atoms with van der Waals surface area (Å²) in [6.07, 6.45) is 3.26. The Bertz CT molecular complexity index is 1030. The molecule has 0 aliphatic carbocycles. The van der Waals surface area contributed by atoms with Gasteiger partial charge in [-0.15, -0.1) is 0 Å². The lowest BCUT2D eigenvalue weighted by molar-refractivity contribution is 0.423. The van der Waals surface area contributed by atoms with Crippen molar-refractivity contribution < 1.29 is 17.6 Å². The Hall–Kier alpha value is -2.48. The summed E-state index contributed by atoms with van der Waals surface area (Å²) in [6.45, 7) is 0.172. The Morgan fingerprint density at radius 2 is 1.85 bits per heavy atom. The van der Waals surface area contributed by atoms with Gasteiger partial charge in [-0.1, -0.05) is 6.07 Å². The third-order valence-electron chi connectivity index (χ3n) is 4.93. The number of halogens is 4. The van der Waals surface area contributed by atoms with Crippen LogP contribution in [0.2, 0.25) is 0 Å². The molecule has 0 radical (unpaired) electrons. The molecule has 1 aliphatic rings. The van der Waals surface area contributed by atoms with Crippen molar-refractivity contribution >= 4 is 12.2 Å². The lowest BCUT2D eigenvalue weighted by atomic mass is 9.94. The standard InChI is InChI=1S/C19H15F4N3S/c20-12-8-13(21)18(23)16(17(12)22)10-7-15-14(25-19(27)26(15)9-10)5-4-11-3-1-2-6-24-11/h1-3,6,8,10H,4-5,7,9H2,(H,25,27). The van der Waals surface area contributed by atoms with Crippen LogP contribution in [0.25, 0.3) is 0 Å². The zero-order valence-corrected chi connectivity index (χ0v) is 14.9. The van der Waals surface area contributed by atoms with Gasteiger partial charge >= 0.3 is 0 Å². The number of fused-ring (bicyclic) bond motifs is 1. The van der Waals surface area contributed by atoms with E-state index >= 15 is 0 Å². The molecule has 3 heterocycles. The number of nitrogens with one attached hydrogen (secondary N) is 1. The fourth-order valence-electron chi connectivity index (χ4n) is 3.65. The summed E-state index contributed by atoms with van der Waals surface area (Å²) >= 11 is 5.31. The minimum atomic E-state index is -1.39. The number of aromatic amines is 1. The normalized spacial score (nSPS) is 15.9. The van der Waals surface area contributed by atoms with Crippen LogP contribution >= 0.6 is 12.2 Å². The van der Waals surface area contributed by atoms with E-state index in [1.807, 2.05) is 18.2 Å². The highest BCUT2D eigenvalue weighted by atomic mass is 32.1. The van der Waals surface area contributed by atoms with Crippen molar-refractivity contribution in [3.63, 3.8) is 0 Å². The van der Waals surface area contributed by atoms with E-state index in [1.165, 1.54) is 0 Å². The van der Waals surface area contributed by atoms with E-state index in [9.17, 15) is 17.6 Å². The van der Waals surface area contributed by atoms with Crippen molar-refractivity contribution in [2.45, 2.75) is 31.7 Å². The van der Waals surface area contributed by atoms with Crippen LogP contribution in [0.3, 0.4) is 0 Å². The Morgan fingerprint density at radius 3 is 2.52 bits per heavy atom. The maximum Gasteiger partial charge on any atom is 0.177 e. The van der Waals surface area contributed by atoms with Crippen LogP contribution in [0.5, 0.6) is 0 Å². The number of pyridine rings is 1. The third kappa shape index (κ3) is 3.18. The van der Waals surface area contributed by atoms with Gasteiger partial charge in [0.25, 0.3) is 0 Å². The fraction of sp³-hybridized carbons (Fsp3) is 0.263. The smallest absolute Gasteiger partial charge is 0.177 e. The largest absolute Gasteiger partial charge is 0.334 e. The molecule has 1 N–H and O–H groups in total. The first-order valence-electron chi connectivity index (χ1n) is 8.49. The van der Waals surface area contributed by atoms with Gasteiger partial charge in [-0.2, -0.15) is 0 Å². The first-order valence-corrected chi connectivity index (χ1v) is 8.90. The van der Waals surface area contributed by atoms with Gasteiger partial charge in [0.1, 0.15) is 0 Å². The highest BCUT2D eigenvalue weighted by Gasteiger charge is 2.33. The van der Waals surface area contributed by atoms with Crippen molar-refractivity contribution in [3.8, 4) is 0 Å². The van der Waals surface area contributed by atoms with Gasteiger partial charge in [-0.05, 0) is 43.6 Å². The summed E-state index contributed by atoms with van der Waals surface area (Å²) in [5, 5.41) is 0. The minimum absolute atomic E-state index is 0.172. The van der Waals surface area contributed by atoms with Crippen LogP contribution in [0.4, 0.5) is 17.6 Å². The van der Waals surface area contributed by atoms with E-state index in [1.54, 1.807) is 10.8 Å². The predicted octanol–water partition coefficient (Wildman–Crippen LogP) is 4.62. The Morgan fingerprint density at radius 1 is 1.11 bits per heavy atom. The molecule has 0 saturated heterocycles. The van der Waals surface area contributed by atoms with Crippen molar-refractivity contribution in [2.24, 2.45) is 0 Å². The van der Waals surface area contributed by atoms with Crippen LogP contribution in [-0.4, -0.2) is 14.5 Å². The van der Waals surface area contributed by atoms with Crippen LogP contribution in [0.1, 0.15) is 28.6 Å². The quantitative estimate of drug-likeness (QED) is 0.399. The summed E-state index contributed by atoms with van der Waals surface area (Å²) < 4.78 is 57.6. The molecule has 27 heavy (non-hydrogen) atoms. The van der Waals surface area contributed by atoms with Crippen molar-refractivity contribution in [3.05, 3.63) is 81.1 Å². The lowest BCUT2D eigenvalue weighted by Crippen LogP contribution is -2.10. The molecule has 0 spiro atoms. The van der Waals surface area contributed by atoms with Crippen LogP contribution in [-0.2, 0) is 25.8 Å². The van der Waals surface area contributed by atoms with E-state index in [-0.39, 0.29) is 19.0 Å². The Balaban J connectivity index is 1.62. The molecule has 1 atom stereocenters. The first kappa shape index (κ1) is 17.9. The minimum Gasteiger partial charge on any atom is -0.334 e. The van der Waals surface area contributed by atoms with Gasteiger partial charge in [-0.3, -0.25) is 4.98 Å². The summed E-state index contributed by atoms with van der Waals surface area (Å²) in [7, 11) is 0. The number of hydrogen-bond acceptors (Lipinski definition) is 2. The Labute approximate surface area is 157 Å². The lowest BCUT2D eigenvalue weighted by Gasteiger charge is -2.13. The highest BCUT2D eigenvalue weighted by molar-refractivity contribution is 7.71. The van der Waals surface area contributed by atoms with Crippen LogP contribution in [0.15, 0.2) is 30.5 Å². The molecule has 8 heteroatoms. The molecule has 2 aromatic heterocycles. The second-order valence-corrected chi connectivity index (χ2v) is 6.96. The number of aryl methyl sites for hydroxylation is 2. The average Bonchev–Trinajstić information content (AvgIpc) is 3.20. The summed E-state index contributed by atoms with van der Waals surface area (Å²) in [6, 6.07) is 5.87. The van der Waals surface area contributed by atoms with Gasteiger partial charge in [0.05, 0.1) is 0 Å². The van der Waals surface area contributed by atoms with E-state index in [0.29, 0.717) is 17.6 Å². The molecule has 1 unspecified atom stereocenters. The highest BCUT2D eigenvalue weighted by Crippen LogP contribution is 2.36. The summed E-state index contributed by atoms with van der Waals surface area (Å²) in [4.78, 5) is 7.39. The van der Waals surface area contributed by atoms with Gasteiger partial charge in [0.2, 0.25) is 0 Å².